The molecule has 1 N–H and O–H groups in total. The predicted octanol–water partition coefficient (Wildman–Crippen LogP) is 2.36. The first kappa shape index (κ1) is 18.1. The molecular weight excluding hydrogens is 352 g/mol. The van der Waals surface area contributed by atoms with Crippen molar-refractivity contribution >= 4 is 29.1 Å². The summed E-state index contributed by atoms with van der Waals surface area (Å²) in [7, 11) is 0. The van der Waals surface area contributed by atoms with Crippen molar-refractivity contribution in [1.82, 2.24) is 9.80 Å². The molecule has 0 saturated carbocycles. The van der Waals surface area contributed by atoms with E-state index < -0.39 is 5.97 Å². The minimum atomic E-state index is -0.956. The molecule has 1 aromatic heterocycles. The second-order valence-corrected chi connectivity index (χ2v) is 6.97. The SMILES string of the molecule is O=C(O)c1ccc(CCC(=O)N2CCN(C(=O)c3ccsc3)CC2)cc1. The van der Waals surface area contributed by atoms with Crippen molar-refractivity contribution in [2.75, 3.05) is 26.2 Å². The number of carbonyl (C=O) groups excluding carboxylic acids is 2. The van der Waals surface area contributed by atoms with Crippen LogP contribution >= 0.6 is 11.3 Å². The fraction of sp³-hybridized carbons (Fsp3) is 0.316. The Labute approximate surface area is 155 Å². The number of piperazine rings is 1. The van der Waals surface area contributed by atoms with Gasteiger partial charge in [0, 0.05) is 38.0 Å². The molecule has 1 saturated heterocycles. The molecule has 2 heterocycles. The second-order valence-electron chi connectivity index (χ2n) is 6.19. The highest BCUT2D eigenvalue weighted by Crippen LogP contribution is 2.13. The molecule has 1 aromatic carbocycles. The van der Waals surface area contributed by atoms with Gasteiger partial charge in [-0.2, -0.15) is 11.3 Å². The number of hydrogen-bond donors (Lipinski definition) is 1. The van der Waals surface area contributed by atoms with Crippen LogP contribution in [0.4, 0.5) is 0 Å². The summed E-state index contributed by atoms with van der Waals surface area (Å²) < 4.78 is 0. The van der Waals surface area contributed by atoms with Gasteiger partial charge in [-0.15, -0.1) is 0 Å². The quantitative estimate of drug-likeness (QED) is 0.874. The van der Waals surface area contributed by atoms with Crippen LogP contribution < -0.4 is 0 Å². The third-order valence-corrected chi connectivity index (χ3v) is 5.20. The largest absolute Gasteiger partial charge is 0.478 e. The van der Waals surface area contributed by atoms with Crippen LogP contribution in [0.1, 0.15) is 32.7 Å². The Morgan fingerprint density at radius 1 is 0.923 bits per heavy atom. The Morgan fingerprint density at radius 3 is 2.15 bits per heavy atom. The van der Waals surface area contributed by atoms with Crippen molar-refractivity contribution in [2.45, 2.75) is 12.8 Å². The summed E-state index contributed by atoms with van der Waals surface area (Å²) in [6.07, 6.45) is 0.956. The minimum Gasteiger partial charge on any atom is -0.478 e. The maximum Gasteiger partial charge on any atom is 0.335 e. The Morgan fingerprint density at radius 2 is 1.58 bits per heavy atom. The van der Waals surface area contributed by atoms with E-state index in [0.717, 1.165) is 5.56 Å². The lowest BCUT2D eigenvalue weighted by atomic mass is 10.1. The van der Waals surface area contributed by atoms with Gasteiger partial charge in [0.2, 0.25) is 5.91 Å². The highest BCUT2D eigenvalue weighted by molar-refractivity contribution is 7.08. The Hall–Kier alpha value is -2.67. The number of carboxylic acids is 1. The number of benzene rings is 1. The number of aromatic carboxylic acids is 1. The van der Waals surface area contributed by atoms with E-state index in [1.807, 2.05) is 16.8 Å². The summed E-state index contributed by atoms with van der Waals surface area (Å²) in [5.41, 5.74) is 1.89. The number of carbonyl (C=O) groups is 3. The van der Waals surface area contributed by atoms with Crippen LogP contribution in [0.15, 0.2) is 41.1 Å². The smallest absolute Gasteiger partial charge is 0.335 e. The summed E-state index contributed by atoms with van der Waals surface area (Å²) in [5.74, 6) is -0.866. The van der Waals surface area contributed by atoms with Crippen molar-refractivity contribution < 1.29 is 19.5 Å². The zero-order chi connectivity index (χ0) is 18.5. The maximum absolute atomic E-state index is 12.4. The van der Waals surface area contributed by atoms with E-state index in [-0.39, 0.29) is 17.4 Å². The van der Waals surface area contributed by atoms with Crippen LogP contribution in [0.3, 0.4) is 0 Å². The van der Waals surface area contributed by atoms with Crippen LogP contribution in [0.2, 0.25) is 0 Å². The molecule has 0 radical (unpaired) electrons. The Bertz CT molecular complexity index is 778. The summed E-state index contributed by atoms with van der Waals surface area (Å²) in [4.78, 5) is 39.1. The minimum absolute atomic E-state index is 0.0249. The Balaban J connectivity index is 1.46. The molecule has 3 rings (SSSR count). The average Bonchev–Trinajstić information content (AvgIpc) is 3.20. The average molecular weight is 372 g/mol. The van der Waals surface area contributed by atoms with E-state index in [0.29, 0.717) is 44.6 Å². The van der Waals surface area contributed by atoms with Gasteiger partial charge in [0.1, 0.15) is 0 Å². The number of rotatable bonds is 5. The van der Waals surface area contributed by atoms with Gasteiger partial charge in [-0.1, -0.05) is 12.1 Å². The molecule has 2 aromatic rings. The number of thiophene rings is 1. The monoisotopic (exact) mass is 372 g/mol. The predicted molar refractivity (Wildman–Crippen MR) is 98.5 cm³/mol. The molecule has 2 amide bonds. The van der Waals surface area contributed by atoms with Crippen LogP contribution in [-0.2, 0) is 11.2 Å². The van der Waals surface area contributed by atoms with Crippen molar-refractivity contribution in [3.05, 3.63) is 57.8 Å². The van der Waals surface area contributed by atoms with Gasteiger partial charge in [-0.25, -0.2) is 4.79 Å². The van der Waals surface area contributed by atoms with Crippen LogP contribution in [0.5, 0.6) is 0 Å². The molecule has 0 atom stereocenters. The van der Waals surface area contributed by atoms with E-state index in [4.69, 9.17) is 5.11 Å². The zero-order valence-electron chi connectivity index (χ0n) is 14.3. The molecule has 0 spiro atoms. The number of aryl methyl sites for hydroxylation is 1. The van der Waals surface area contributed by atoms with E-state index >= 15 is 0 Å². The van der Waals surface area contributed by atoms with Gasteiger partial charge in [0.15, 0.2) is 0 Å². The first-order valence-electron chi connectivity index (χ1n) is 8.46. The van der Waals surface area contributed by atoms with Crippen molar-refractivity contribution in [1.29, 1.82) is 0 Å². The molecule has 7 heteroatoms. The summed E-state index contributed by atoms with van der Waals surface area (Å²) >= 11 is 1.50. The third kappa shape index (κ3) is 4.29. The van der Waals surface area contributed by atoms with E-state index in [1.54, 1.807) is 34.1 Å². The van der Waals surface area contributed by atoms with E-state index in [9.17, 15) is 14.4 Å². The van der Waals surface area contributed by atoms with Crippen molar-refractivity contribution in [3.8, 4) is 0 Å². The first-order valence-corrected chi connectivity index (χ1v) is 9.40. The normalized spacial score (nSPS) is 14.3. The highest BCUT2D eigenvalue weighted by Gasteiger charge is 2.24. The van der Waals surface area contributed by atoms with Crippen LogP contribution in [0, 0.1) is 0 Å². The second kappa shape index (κ2) is 8.14. The maximum atomic E-state index is 12.4. The summed E-state index contributed by atoms with van der Waals surface area (Å²) in [6, 6.07) is 8.41. The molecule has 0 bridgehead atoms. The van der Waals surface area contributed by atoms with Gasteiger partial charge in [0.25, 0.3) is 5.91 Å². The zero-order valence-corrected chi connectivity index (χ0v) is 15.1. The number of nitrogens with zero attached hydrogens (tertiary/aromatic N) is 2. The molecule has 136 valence electrons. The third-order valence-electron chi connectivity index (χ3n) is 4.52. The van der Waals surface area contributed by atoms with Crippen LogP contribution in [0.25, 0.3) is 0 Å². The number of carboxylic acid groups (broad SMARTS) is 1. The molecule has 1 aliphatic heterocycles. The molecule has 0 aliphatic carbocycles. The summed E-state index contributed by atoms with van der Waals surface area (Å²) in [6.45, 7) is 2.20. The lowest BCUT2D eigenvalue weighted by Crippen LogP contribution is -2.50. The topological polar surface area (TPSA) is 77.9 Å². The van der Waals surface area contributed by atoms with Gasteiger partial charge >= 0.3 is 5.97 Å². The highest BCUT2D eigenvalue weighted by atomic mass is 32.1. The van der Waals surface area contributed by atoms with Gasteiger partial charge < -0.3 is 14.9 Å². The van der Waals surface area contributed by atoms with Gasteiger partial charge in [-0.3, -0.25) is 9.59 Å². The number of amides is 2. The lowest BCUT2D eigenvalue weighted by Gasteiger charge is -2.34. The lowest BCUT2D eigenvalue weighted by molar-refractivity contribution is -0.132. The number of hydrogen-bond acceptors (Lipinski definition) is 4. The molecule has 0 unspecified atom stereocenters. The molecule has 6 nitrogen and oxygen atoms in total. The fourth-order valence-electron chi connectivity index (χ4n) is 2.95. The van der Waals surface area contributed by atoms with Crippen molar-refractivity contribution in [3.63, 3.8) is 0 Å². The van der Waals surface area contributed by atoms with Gasteiger partial charge in [-0.05, 0) is 35.6 Å². The fourth-order valence-corrected chi connectivity index (χ4v) is 3.58. The van der Waals surface area contributed by atoms with E-state index in [1.165, 1.54) is 11.3 Å². The molecule has 1 fully saturated rings. The molecule has 26 heavy (non-hydrogen) atoms. The molecule has 1 aliphatic rings. The standard InChI is InChI=1S/C19H20N2O4S/c22-17(6-3-14-1-4-15(5-2-14)19(24)25)20-8-10-21(11-9-20)18(23)16-7-12-26-13-16/h1-2,4-5,7,12-13H,3,6,8-11H2,(H,24,25). The van der Waals surface area contributed by atoms with Crippen molar-refractivity contribution in [2.24, 2.45) is 0 Å². The molecular formula is C19H20N2O4S. The first-order chi connectivity index (χ1) is 12.5. The van der Waals surface area contributed by atoms with Gasteiger partial charge in [0.05, 0.1) is 11.1 Å². The van der Waals surface area contributed by atoms with Crippen LogP contribution in [-0.4, -0.2) is 58.9 Å². The Kier molecular flexibility index (Phi) is 5.68. The van der Waals surface area contributed by atoms with E-state index in [2.05, 4.69) is 0 Å². The summed E-state index contributed by atoms with van der Waals surface area (Å²) in [5, 5.41) is 12.6.